The Morgan fingerprint density at radius 2 is 2.09 bits per heavy atom. The van der Waals surface area contributed by atoms with E-state index in [1.807, 2.05) is 12.3 Å². The van der Waals surface area contributed by atoms with Gasteiger partial charge in [-0.05, 0) is 31.0 Å². The maximum Gasteiger partial charge on any atom is 0.185 e. The first-order valence-electron chi connectivity index (χ1n) is 7.73. The van der Waals surface area contributed by atoms with Crippen molar-refractivity contribution in [2.75, 3.05) is 31.6 Å². The van der Waals surface area contributed by atoms with Crippen molar-refractivity contribution in [2.45, 2.75) is 0 Å². The van der Waals surface area contributed by atoms with Crippen LogP contribution in [0.1, 0.15) is 5.56 Å². The number of nitrogens with zero attached hydrogens (tertiary/aromatic N) is 3. The van der Waals surface area contributed by atoms with Gasteiger partial charge in [0.15, 0.2) is 7.98 Å². The molecule has 2 saturated heterocycles. The molecule has 2 aliphatic heterocycles. The molecule has 114 valence electrons. The van der Waals surface area contributed by atoms with Crippen molar-refractivity contribution in [2.24, 2.45) is 17.6 Å². The molecule has 0 bridgehead atoms. The summed E-state index contributed by atoms with van der Waals surface area (Å²) in [6, 6.07) is 2.03. The zero-order chi connectivity index (χ0) is 15.3. The second kappa shape index (κ2) is 5.03. The highest BCUT2D eigenvalue weighted by molar-refractivity contribution is 6.04. The number of hydrogen-bond donors (Lipinski definition) is 3. The topological polar surface area (TPSA) is 73.2 Å². The molecule has 0 spiro atoms. The smallest absolute Gasteiger partial charge is 0.185 e. The second-order valence-electron chi connectivity index (χ2n) is 6.57. The third-order valence-electron chi connectivity index (χ3n) is 4.87. The molecule has 2 atom stereocenters. The van der Waals surface area contributed by atoms with Gasteiger partial charge in [-0.25, -0.2) is 9.99 Å². The lowest BCUT2D eigenvalue weighted by Crippen LogP contribution is -2.32. The van der Waals surface area contributed by atoms with Crippen molar-refractivity contribution in [3.05, 3.63) is 30.6 Å². The van der Waals surface area contributed by atoms with E-state index in [1.165, 1.54) is 13.1 Å². The highest BCUT2D eigenvalue weighted by Gasteiger charge is 2.38. The number of fused-ring (bicyclic) bond motifs is 2. The third kappa shape index (κ3) is 2.17. The lowest BCUT2D eigenvalue weighted by Gasteiger charge is -2.23. The molecule has 2 aromatic heterocycles. The summed E-state index contributed by atoms with van der Waals surface area (Å²) in [5.41, 5.74) is 12.8. The van der Waals surface area contributed by atoms with E-state index in [4.69, 9.17) is 5.73 Å². The Labute approximate surface area is 130 Å². The van der Waals surface area contributed by atoms with Crippen LogP contribution >= 0.6 is 0 Å². The Morgan fingerprint density at radius 1 is 1.36 bits per heavy atom. The van der Waals surface area contributed by atoms with Gasteiger partial charge in [0.2, 0.25) is 0 Å². The van der Waals surface area contributed by atoms with E-state index in [0.717, 1.165) is 47.2 Å². The van der Waals surface area contributed by atoms with Gasteiger partial charge in [-0.3, -0.25) is 0 Å². The molecule has 0 radical (unpaired) electrons. The first kappa shape index (κ1) is 13.7. The van der Waals surface area contributed by atoms with Gasteiger partial charge in [0.05, 0.1) is 5.69 Å². The number of pyridine rings is 1. The second-order valence-corrected chi connectivity index (χ2v) is 6.57. The van der Waals surface area contributed by atoms with E-state index in [0.29, 0.717) is 5.70 Å². The minimum absolute atomic E-state index is 0.539. The van der Waals surface area contributed by atoms with Gasteiger partial charge in [0.1, 0.15) is 5.65 Å². The molecule has 7 heteroatoms. The normalized spacial score (nSPS) is 25.6. The minimum Gasteiger partial charge on any atom is -0.399 e. The molecule has 4 N–H and O–H groups in total. The lowest BCUT2D eigenvalue weighted by atomic mass is 10.0. The molecule has 6 nitrogen and oxygen atoms in total. The van der Waals surface area contributed by atoms with Crippen molar-refractivity contribution in [3.63, 3.8) is 0 Å². The molecule has 2 unspecified atom stereocenters. The Bertz CT molecular complexity index is 712. The van der Waals surface area contributed by atoms with Gasteiger partial charge >= 0.3 is 0 Å². The zero-order valence-electron chi connectivity index (χ0n) is 12.8. The Balaban J connectivity index is 1.63. The van der Waals surface area contributed by atoms with E-state index in [2.05, 4.69) is 39.8 Å². The van der Waals surface area contributed by atoms with E-state index in [-0.39, 0.29) is 0 Å². The number of aromatic nitrogens is 2. The molecule has 2 fully saturated rings. The highest BCUT2D eigenvalue weighted by atomic mass is 15.5. The molecule has 4 rings (SSSR count). The maximum absolute atomic E-state index is 5.95. The average Bonchev–Trinajstić information content (AvgIpc) is 3.12. The summed E-state index contributed by atoms with van der Waals surface area (Å²) in [6.45, 7) is 8.40. The first-order valence-corrected chi connectivity index (χ1v) is 7.73. The molecule has 22 heavy (non-hydrogen) atoms. The summed E-state index contributed by atoms with van der Waals surface area (Å²) < 4.78 is 0. The zero-order valence-corrected chi connectivity index (χ0v) is 12.8. The van der Waals surface area contributed by atoms with Crippen LogP contribution in [0.3, 0.4) is 0 Å². The Hall–Kier alpha value is -1.99. The summed E-state index contributed by atoms with van der Waals surface area (Å²) >= 11 is 0. The van der Waals surface area contributed by atoms with Crippen molar-refractivity contribution in [1.82, 2.24) is 19.8 Å². The van der Waals surface area contributed by atoms with Crippen LogP contribution in [0.15, 0.2) is 25.0 Å². The van der Waals surface area contributed by atoms with Crippen molar-refractivity contribution in [3.8, 4) is 0 Å². The number of nitrogens with one attached hydrogen (secondary N) is 2. The predicted molar refractivity (Wildman–Crippen MR) is 91.6 cm³/mol. The molecule has 0 amide bonds. The largest absolute Gasteiger partial charge is 0.399 e. The number of anilines is 1. The summed E-state index contributed by atoms with van der Waals surface area (Å²) in [5, 5.41) is 3.37. The quantitative estimate of drug-likeness (QED) is 0.707. The maximum atomic E-state index is 5.95. The first-order chi connectivity index (χ1) is 10.6. The Morgan fingerprint density at radius 3 is 2.77 bits per heavy atom. The monoisotopic (exact) mass is 296 g/mol. The molecular weight excluding hydrogens is 275 g/mol. The van der Waals surface area contributed by atoms with Crippen LogP contribution in [0.25, 0.3) is 16.7 Å². The summed E-state index contributed by atoms with van der Waals surface area (Å²) in [7, 11) is 2.21. The van der Waals surface area contributed by atoms with E-state index < -0.39 is 0 Å². The third-order valence-corrected chi connectivity index (χ3v) is 4.87. The van der Waals surface area contributed by atoms with Gasteiger partial charge in [0, 0.05) is 42.1 Å². The number of H-pyrrole nitrogens is 1. The fraction of sp³-hybridized carbons (Fsp3) is 0.400. The summed E-state index contributed by atoms with van der Waals surface area (Å²) in [6.07, 6.45) is 3.69. The molecule has 0 saturated carbocycles. The van der Waals surface area contributed by atoms with Crippen molar-refractivity contribution < 1.29 is 0 Å². The Kier molecular flexibility index (Phi) is 3.13. The fourth-order valence-corrected chi connectivity index (χ4v) is 3.85. The molecule has 2 aliphatic rings. The van der Waals surface area contributed by atoms with Crippen LogP contribution in [0.5, 0.6) is 0 Å². The van der Waals surface area contributed by atoms with Crippen LogP contribution in [0.2, 0.25) is 0 Å². The van der Waals surface area contributed by atoms with Crippen LogP contribution < -0.4 is 11.2 Å². The number of aromatic amines is 1. The summed E-state index contributed by atoms with van der Waals surface area (Å²) in [4.78, 5) is 9.98. The van der Waals surface area contributed by atoms with Gasteiger partial charge in [-0.1, -0.05) is 6.58 Å². The van der Waals surface area contributed by atoms with Gasteiger partial charge in [-0.15, -0.1) is 0 Å². The van der Waals surface area contributed by atoms with Crippen LogP contribution in [0.4, 0.5) is 5.69 Å². The molecule has 0 aromatic carbocycles. The molecule has 0 aliphatic carbocycles. The number of rotatable bonds is 3. The van der Waals surface area contributed by atoms with E-state index >= 15 is 0 Å². The van der Waals surface area contributed by atoms with Gasteiger partial charge in [-0.2, -0.15) is 0 Å². The molecular formula is C15H21BN6. The number of hydrogen-bond acceptors (Lipinski definition) is 5. The SMILES string of the molecule is BN1CC2CN(Nc3c(C(=C)N)cnc4[nH]ccc34)CC2C1. The fourth-order valence-electron chi connectivity index (χ4n) is 3.85. The number of nitrogens with two attached hydrogens (primary N) is 1. The van der Waals surface area contributed by atoms with Crippen LogP contribution in [-0.2, 0) is 0 Å². The lowest BCUT2D eigenvalue weighted by molar-refractivity contribution is 0.352. The van der Waals surface area contributed by atoms with Crippen LogP contribution in [0, 0.1) is 11.8 Å². The standard InChI is InChI=1S/C15H21BN6/c1-9(17)13-4-19-15-12(2-3-18-15)14(13)20-22-7-10-5-21(16)6-11(10)8-22/h2-4,10-11H,1,5-8,16-17H2,(H2,18,19,20). The summed E-state index contributed by atoms with van der Waals surface area (Å²) in [5.74, 6) is 1.51. The van der Waals surface area contributed by atoms with Gasteiger partial charge in [0.25, 0.3) is 0 Å². The molecule has 2 aromatic rings. The van der Waals surface area contributed by atoms with Crippen LogP contribution in [-0.4, -0.2) is 53.9 Å². The number of hydrazine groups is 1. The highest BCUT2D eigenvalue weighted by Crippen LogP contribution is 2.33. The van der Waals surface area contributed by atoms with E-state index in [1.54, 1.807) is 6.20 Å². The van der Waals surface area contributed by atoms with Crippen molar-refractivity contribution >= 4 is 30.4 Å². The minimum atomic E-state index is 0.539. The average molecular weight is 296 g/mol. The van der Waals surface area contributed by atoms with Crippen molar-refractivity contribution in [1.29, 1.82) is 0 Å². The van der Waals surface area contributed by atoms with E-state index in [9.17, 15) is 0 Å². The molecule has 4 heterocycles. The van der Waals surface area contributed by atoms with Gasteiger partial charge < -0.3 is 21.0 Å². The predicted octanol–water partition coefficient (Wildman–Crippen LogP) is 0.231.